The van der Waals surface area contributed by atoms with Gasteiger partial charge in [-0.25, -0.2) is 13.4 Å². The van der Waals surface area contributed by atoms with E-state index in [1.54, 1.807) is 0 Å². The summed E-state index contributed by atoms with van der Waals surface area (Å²) < 4.78 is 21.6. The molecule has 6 nitrogen and oxygen atoms in total. The molecule has 1 aromatic rings. The lowest BCUT2D eigenvalue weighted by Crippen LogP contribution is -2.14. The lowest BCUT2D eigenvalue weighted by molar-refractivity contribution is 0.579. The van der Waals surface area contributed by atoms with Gasteiger partial charge < -0.3 is 5.73 Å². The van der Waals surface area contributed by atoms with Crippen LogP contribution in [0.1, 0.15) is 24.7 Å². The molecule has 0 fully saturated rings. The highest BCUT2D eigenvalue weighted by Crippen LogP contribution is 2.10. The van der Waals surface area contributed by atoms with Gasteiger partial charge >= 0.3 is 0 Å². The number of nitrogens with one attached hydrogen (secondary N) is 1. The van der Waals surface area contributed by atoms with E-state index in [2.05, 4.69) is 15.2 Å². The summed E-state index contributed by atoms with van der Waals surface area (Å²) in [4.78, 5) is 3.89. The molecule has 0 aliphatic carbocycles. The van der Waals surface area contributed by atoms with Gasteiger partial charge in [0.1, 0.15) is 22.0 Å². The number of aromatic amines is 1. The largest absolute Gasteiger partial charge is 0.321 e. The molecule has 80 valence electrons. The van der Waals surface area contributed by atoms with Crippen molar-refractivity contribution in [1.82, 2.24) is 15.2 Å². The number of hydrogen-bond donors (Lipinski definition) is 2. The van der Waals surface area contributed by atoms with Crippen molar-refractivity contribution >= 4 is 9.84 Å². The average molecular weight is 218 g/mol. The van der Waals surface area contributed by atoms with Gasteiger partial charge in [-0.1, -0.05) is 0 Å². The third-order valence-corrected chi connectivity index (χ3v) is 2.85. The maximum absolute atomic E-state index is 10.8. The lowest BCUT2D eigenvalue weighted by Gasteiger charge is -2.06. The van der Waals surface area contributed by atoms with E-state index in [4.69, 9.17) is 5.73 Å². The van der Waals surface area contributed by atoms with Crippen LogP contribution in [0.4, 0.5) is 0 Å². The van der Waals surface area contributed by atoms with Gasteiger partial charge in [-0.15, -0.1) is 0 Å². The van der Waals surface area contributed by atoms with Gasteiger partial charge in [-0.05, 0) is 12.8 Å². The highest BCUT2D eigenvalue weighted by atomic mass is 32.2. The van der Waals surface area contributed by atoms with Gasteiger partial charge in [0.2, 0.25) is 0 Å². The minimum atomic E-state index is -2.89. The van der Waals surface area contributed by atoms with E-state index in [1.807, 2.05) is 0 Å². The molecule has 0 aliphatic heterocycles. The first-order valence-corrected chi connectivity index (χ1v) is 6.33. The molecule has 3 N–H and O–H groups in total. The van der Waals surface area contributed by atoms with E-state index in [9.17, 15) is 8.42 Å². The number of aromatic nitrogens is 3. The number of hydrogen-bond acceptors (Lipinski definition) is 5. The molecule has 1 unspecified atom stereocenters. The zero-order valence-electron chi connectivity index (χ0n) is 7.97. The monoisotopic (exact) mass is 218 g/mol. The van der Waals surface area contributed by atoms with Crippen molar-refractivity contribution in [2.24, 2.45) is 5.73 Å². The number of nitrogens with zero attached hydrogens (tertiary/aromatic N) is 2. The predicted octanol–water partition coefficient (Wildman–Crippen LogP) is -0.371. The van der Waals surface area contributed by atoms with Crippen LogP contribution < -0.4 is 5.73 Å². The fourth-order valence-electron chi connectivity index (χ4n) is 1.10. The van der Waals surface area contributed by atoms with E-state index in [1.165, 1.54) is 12.6 Å². The van der Waals surface area contributed by atoms with Crippen LogP contribution in [0.15, 0.2) is 6.33 Å². The molecule has 14 heavy (non-hydrogen) atoms. The van der Waals surface area contributed by atoms with Crippen LogP contribution in [0.2, 0.25) is 0 Å². The van der Waals surface area contributed by atoms with E-state index in [0.29, 0.717) is 18.7 Å². The van der Waals surface area contributed by atoms with Gasteiger partial charge in [0, 0.05) is 12.0 Å². The predicted molar refractivity (Wildman–Crippen MR) is 52.3 cm³/mol. The topological polar surface area (TPSA) is 102 Å². The third-order valence-electron chi connectivity index (χ3n) is 1.82. The SMILES string of the molecule is CS(=O)(=O)CCCC(N)c1ncn[nH]1. The summed E-state index contributed by atoms with van der Waals surface area (Å²) in [6.07, 6.45) is 3.72. The van der Waals surface area contributed by atoms with Gasteiger partial charge in [0.05, 0.1) is 6.04 Å². The molecule has 0 aliphatic rings. The Balaban J connectivity index is 2.33. The first kappa shape index (κ1) is 11.1. The Kier molecular flexibility index (Phi) is 3.59. The smallest absolute Gasteiger partial charge is 0.147 e. The molecule has 1 atom stereocenters. The summed E-state index contributed by atoms with van der Waals surface area (Å²) in [7, 11) is -2.89. The van der Waals surface area contributed by atoms with Gasteiger partial charge in [-0.2, -0.15) is 5.10 Å². The second-order valence-electron chi connectivity index (χ2n) is 3.25. The maximum atomic E-state index is 10.8. The minimum Gasteiger partial charge on any atom is -0.321 e. The number of sulfone groups is 1. The summed E-state index contributed by atoms with van der Waals surface area (Å²) in [6.45, 7) is 0. The quantitative estimate of drug-likeness (QED) is 0.702. The molecule has 0 saturated heterocycles. The summed E-state index contributed by atoms with van der Waals surface area (Å²) in [6, 6.07) is -0.265. The molecule has 0 aromatic carbocycles. The molecule has 1 aromatic heterocycles. The minimum absolute atomic E-state index is 0.162. The molecular weight excluding hydrogens is 204 g/mol. The van der Waals surface area contributed by atoms with Gasteiger partial charge in [0.15, 0.2) is 0 Å². The van der Waals surface area contributed by atoms with Crippen molar-refractivity contribution in [3.05, 3.63) is 12.2 Å². The second-order valence-corrected chi connectivity index (χ2v) is 5.51. The highest BCUT2D eigenvalue weighted by molar-refractivity contribution is 7.90. The molecule has 1 rings (SSSR count). The fourth-order valence-corrected chi connectivity index (χ4v) is 1.79. The third kappa shape index (κ3) is 3.84. The molecular formula is C7H14N4O2S. The van der Waals surface area contributed by atoms with Crippen LogP contribution in [0.5, 0.6) is 0 Å². The second kappa shape index (κ2) is 4.52. The first-order valence-electron chi connectivity index (χ1n) is 4.27. The van der Waals surface area contributed by atoms with Crippen molar-refractivity contribution in [3.63, 3.8) is 0 Å². The molecule has 0 saturated carbocycles. The van der Waals surface area contributed by atoms with Crippen LogP contribution in [-0.4, -0.2) is 35.6 Å². The zero-order valence-corrected chi connectivity index (χ0v) is 8.79. The van der Waals surface area contributed by atoms with Crippen molar-refractivity contribution in [2.75, 3.05) is 12.0 Å². The zero-order chi connectivity index (χ0) is 10.6. The lowest BCUT2D eigenvalue weighted by atomic mass is 10.2. The van der Waals surface area contributed by atoms with E-state index >= 15 is 0 Å². The Morgan fingerprint density at radius 2 is 2.36 bits per heavy atom. The summed E-state index contributed by atoms with van der Waals surface area (Å²) in [5, 5.41) is 6.31. The van der Waals surface area contributed by atoms with Crippen LogP contribution in [-0.2, 0) is 9.84 Å². The molecule has 7 heteroatoms. The standard InChI is InChI=1S/C7H14N4O2S/c1-14(12,13)4-2-3-6(8)7-9-5-10-11-7/h5-6H,2-4,8H2,1H3,(H,9,10,11). The Bertz CT molecular complexity index is 359. The van der Waals surface area contributed by atoms with Crippen molar-refractivity contribution in [1.29, 1.82) is 0 Å². The molecule has 0 spiro atoms. The fraction of sp³-hybridized carbons (Fsp3) is 0.714. The Hall–Kier alpha value is -0.950. The molecule has 0 amide bonds. The van der Waals surface area contributed by atoms with Crippen molar-refractivity contribution in [2.45, 2.75) is 18.9 Å². The normalized spacial score (nSPS) is 14.1. The van der Waals surface area contributed by atoms with Crippen molar-refractivity contribution in [3.8, 4) is 0 Å². The number of H-pyrrole nitrogens is 1. The van der Waals surface area contributed by atoms with Crippen LogP contribution in [0.3, 0.4) is 0 Å². The summed E-state index contributed by atoms with van der Waals surface area (Å²) in [5.41, 5.74) is 5.74. The Morgan fingerprint density at radius 3 is 2.86 bits per heavy atom. The summed E-state index contributed by atoms with van der Waals surface area (Å²) >= 11 is 0. The number of rotatable bonds is 5. The van der Waals surface area contributed by atoms with E-state index < -0.39 is 9.84 Å². The van der Waals surface area contributed by atoms with Gasteiger partial charge in [0.25, 0.3) is 0 Å². The summed E-state index contributed by atoms with van der Waals surface area (Å²) in [5.74, 6) is 0.757. The Labute approximate surface area is 82.8 Å². The van der Waals surface area contributed by atoms with Crippen LogP contribution in [0.25, 0.3) is 0 Å². The molecule has 1 heterocycles. The van der Waals surface area contributed by atoms with E-state index in [0.717, 1.165) is 0 Å². The van der Waals surface area contributed by atoms with E-state index in [-0.39, 0.29) is 11.8 Å². The Morgan fingerprint density at radius 1 is 1.64 bits per heavy atom. The molecule has 0 radical (unpaired) electrons. The molecule has 0 bridgehead atoms. The van der Waals surface area contributed by atoms with Crippen molar-refractivity contribution < 1.29 is 8.42 Å². The first-order chi connectivity index (χ1) is 6.49. The maximum Gasteiger partial charge on any atom is 0.147 e. The highest BCUT2D eigenvalue weighted by Gasteiger charge is 2.10. The van der Waals surface area contributed by atoms with Crippen LogP contribution in [0, 0.1) is 0 Å². The average Bonchev–Trinajstić information content (AvgIpc) is 2.53. The van der Waals surface area contributed by atoms with Crippen LogP contribution >= 0.6 is 0 Å². The van der Waals surface area contributed by atoms with Gasteiger partial charge in [-0.3, -0.25) is 5.10 Å². The number of nitrogens with two attached hydrogens (primary N) is 1.